The second-order valence-electron chi connectivity index (χ2n) is 3.66. The number of aromatic nitrogens is 3. The molecular formula is C11H9Cl3N4O. The summed E-state index contributed by atoms with van der Waals surface area (Å²) < 4.78 is -0.480. The quantitative estimate of drug-likeness (QED) is 0.885. The molecule has 2 rings (SSSR count). The van der Waals surface area contributed by atoms with Gasteiger partial charge >= 0.3 is 0 Å². The number of nitrogens with one attached hydrogen (secondary N) is 1. The van der Waals surface area contributed by atoms with E-state index in [0.29, 0.717) is 5.56 Å². The monoisotopic (exact) mass is 318 g/mol. The Morgan fingerprint density at radius 3 is 2.47 bits per heavy atom. The van der Waals surface area contributed by atoms with Crippen LogP contribution in [0.25, 0.3) is 0 Å². The molecule has 0 spiro atoms. The van der Waals surface area contributed by atoms with Crippen molar-refractivity contribution in [3.8, 4) is 0 Å². The van der Waals surface area contributed by atoms with Gasteiger partial charge < -0.3 is 5.32 Å². The summed E-state index contributed by atoms with van der Waals surface area (Å²) in [6, 6.07) is 8.61. The van der Waals surface area contributed by atoms with Crippen molar-refractivity contribution in [1.82, 2.24) is 20.1 Å². The van der Waals surface area contributed by atoms with Gasteiger partial charge in [0.25, 0.3) is 5.91 Å². The van der Waals surface area contributed by atoms with Crippen LogP contribution in [-0.2, 0) is 0 Å². The summed E-state index contributed by atoms with van der Waals surface area (Å²) in [7, 11) is 0. The summed E-state index contributed by atoms with van der Waals surface area (Å²) in [5.41, 5.74) is 0.460. The number of alkyl halides is 3. The Morgan fingerprint density at radius 2 is 1.95 bits per heavy atom. The van der Waals surface area contributed by atoms with E-state index in [1.807, 2.05) is 0 Å². The van der Waals surface area contributed by atoms with E-state index in [1.165, 1.54) is 17.3 Å². The lowest BCUT2D eigenvalue weighted by Gasteiger charge is -2.25. The number of benzene rings is 1. The Hall–Kier alpha value is -1.30. The van der Waals surface area contributed by atoms with E-state index >= 15 is 0 Å². The fourth-order valence-electron chi connectivity index (χ4n) is 1.45. The van der Waals surface area contributed by atoms with Gasteiger partial charge in [0.2, 0.25) is 3.79 Å². The van der Waals surface area contributed by atoms with Gasteiger partial charge in [-0.05, 0) is 12.1 Å². The fourth-order valence-corrected chi connectivity index (χ4v) is 1.91. The smallest absolute Gasteiger partial charge is 0.253 e. The molecule has 0 aliphatic heterocycles. The largest absolute Gasteiger partial charge is 0.327 e. The van der Waals surface area contributed by atoms with Crippen LogP contribution in [-0.4, -0.2) is 24.5 Å². The van der Waals surface area contributed by atoms with Crippen LogP contribution in [0.4, 0.5) is 0 Å². The first-order valence-electron chi connectivity index (χ1n) is 5.25. The van der Waals surface area contributed by atoms with E-state index in [1.54, 1.807) is 30.3 Å². The Balaban J connectivity index is 2.21. The Labute approximate surface area is 124 Å². The van der Waals surface area contributed by atoms with Crippen molar-refractivity contribution in [2.24, 2.45) is 0 Å². The lowest BCUT2D eigenvalue weighted by atomic mass is 10.2. The van der Waals surface area contributed by atoms with Gasteiger partial charge in [-0.1, -0.05) is 53.0 Å². The topological polar surface area (TPSA) is 59.8 Å². The predicted molar refractivity (Wildman–Crippen MR) is 73.3 cm³/mol. The number of nitrogens with zero attached hydrogens (tertiary/aromatic N) is 3. The molecule has 0 radical (unpaired) electrons. The number of halogens is 3. The van der Waals surface area contributed by atoms with Gasteiger partial charge in [0, 0.05) is 5.56 Å². The third-order valence-electron chi connectivity index (χ3n) is 2.31. The van der Waals surface area contributed by atoms with Gasteiger partial charge in [-0.15, -0.1) is 0 Å². The van der Waals surface area contributed by atoms with Crippen molar-refractivity contribution in [2.75, 3.05) is 0 Å². The SMILES string of the molecule is O=C(N[C@@H](n1cncn1)C(Cl)(Cl)Cl)c1ccccc1. The highest BCUT2D eigenvalue weighted by molar-refractivity contribution is 6.67. The zero-order valence-corrected chi connectivity index (χ0v) is 11.8. The Morgan fingerprint density at radius 1 is 1.26 bits per heavy atom. The molecule has 1 aromatic carbocycles. The molecule has 0 saturated carbocycles. The van der Waals surface area contributed by atoms with Gasteiger partial charge in [-0.2, -0.15) is 5.10 Å². The first-order valence-corrected chi connectivity index (χ1v) is 6.38. The van der Waals surface area contributed by atoms with Crippen molar-refractivity contribution in [2.45, 2.75) is 9.96 Å². The minimum absolute atomic E-state index is 0.368. The Bertz CT molecular complexity index is 539. The third-order valence-corrected chi connectivity index (χ3v) is 2.94. The van der Waals surface area contributed by atoms with Gasteiger partial charge in [0.15, 0.2) is 6.17 Å². The molecule has 1 heterocycles. The molecule has 1 aromatic heterocycles. The van der Waals surface area contributed by atoms with E-state index in [2.05, 4.69) is 15.4 Å². The molecule has 0 bridgehead atoms. The number of amides is 1. The summed E-state index contributed by atoms with van der Waals surface area (Å²) in [6.45, 7) is 0. The lowest BCUT2D eigenvalue weighted by molar-refractivity contribution is 0.0916. The number of carbonyl (C=O) groups is 1. The second-order valence-corrected chi connectivity index (χ2v) is 6.03. The van der Waals surface area contributed by atoms with Crippen molar-refractivity contribution < 1.29 is 4.79 Å². The second kappa shape index (κ2) is 5.77. The highest BCUT2D eigenvalue weighted by Crippen LogP contribution is 2.36. The van der Waals surface area contributed by atoms with E-state index in [4.69, 9.17) is 34.8 Å². The average Bonchev–Trinajstić information content (AvgIpc) is 2.88. The van der Waals surface area contributed by atoms with E-state index in [0.717, 1.165) is 0 Å². The lowest BCUT2D eigenvalue weighted by Crippen LogP contribution is -2.40. The molecule has 100 valence electrons. The van der Waals surface area contributed by atoms with Crippen LogP contribution in [0.2, 0.25) is 0 Å². The number of hydrogen-bond acceptors (Lipinski definition) is 3. The molecule has 0 aliphatic rings. The molecule has 5 nitrogen and oxygen atoms in total. The number of rotatable bonds is 3. The molecule has 0 fully saturated rings. The molecule has 1 amide bonds. The zero-order chi connectivity index (χ0) is 13.9. The van der Waals surface area contributed by atoms with Gasteiger partial charge in [-0.25, -0.2) is 9.67 Å². The van der Waals surface area contributed by atoms with Crippen LogP contribution in [0.3, 0.4) is 0 Å². The van der Waals surface area contributed by atoms with Crippen LogP contribution in [0.15, 0.2) is 43.0 Å². The maximum Gasteiger partial charge on any atom is 0.253 e. The molecule has 0 saturated heterocycles. The van der Waals surface area contributed by atoms with Crippen LogP contribution in [0.1, 0.15) is 16.5 Å². The van der Waals surface area contributed by atoms with Crippen LogP contribution < -0.4 is 5.32 Å². The maximum atomic E-state index is 12.0. The molecule has 1 atom stereocenters. The number of hydrogen-bond donors (Lipinski definition) is 1. The van der Waals surface area contributed by atoms with Crippen LogP contribution in [0, 0.1) is 0 Å². The van der Waals surface area contributed by atoms with Crippen LogP contribution in [0.5, 0.6) is 0 Å². The highest BCUT2D eigenvalue weighted by Gasteiger charge is 2.36. The van der Waals surface area contributed by atoms with E-state index in [-0.39, 0.29) is 5.91 Å². The normalized spacial score (nSPS) is 13.0. The fraction of sp³-hybridized carbons (Fsp3) is 0.182. The van der Waals surface area contributed by atoms with Crippen molar-refractivity contribution in [3.05, 3.63) is 48.5 Å². The maximum absolute atomic E-state index is 12.0. The minimum atomic E-state index is -1.75. The number of carbonyl (C=O) groups excluding carboxylic acids is 1. The molecule has 1 N–H and O–H groups in total. The average molecular weight is 320 g/mol. The predicted octanol–water partition coefficient (Wildman–Crippen LogP) is 2.58. The van der Waals surface area contributed by atoms with Gasteiger partial charge in [0.1, 0.15) is 12.7 Å². The summed E-state index contributed by atoms with van der Waals surface area (Å²) in [5.74, 6) is -0.368. The molecule has 2 aromatic rings. The van der Waals surface area contributed by atoms with Gasteiger partial charge in [-0.3, -0.25) is 4.79 Å². The molecule has 8 heteroatoms. The Kier molecular flexibility index (Phi) is 4.29. The van der Waals surface area contributed by atoms with Crippen LogP contribution >= 0.6 is 34.8 Å². The molecule has 19 heavy (non-hydrogen) atoms. The van der Waals surface area contributed by atoms with E-state index in [9.17, 15) is 4.79 Å². The molecule has 0 unspecified atom stereocenters. The first kappa shape index (κ1) is 14.1. The summed E-state index contributed by atoms with van der Waals surface area (Å²) in [4.78, 5) is 15.8. The van der Waals surface area contributed by atoms with E-state index < -0.39 is 9.96 Å². The third kappa shape index (κ3) is 3.59. The minimum Gasteiger partial charge on any atom is -0.327 e. The van der Waals surface area contributed by atoms with Crippen molar-refractivity contribution in [1.29, 1.82) is 0 Å². The zero-order valence-electron chi connectivity index (χ0n) is 9.50. The summed E-state index contributed by atoms with van der Waals surface area (Å²) in [5, 5.41) is 6.47. The standard InChI is InChI=1S/C11H9Cl3N4O/c12-11(13,14)10(18-7-15-6-16-18)17-9(19)8-4-2-1-3-5-8/h1-7,10H,(H,17,19)/t10-/m0/s1. The van der Waals surface area contributed by atoms with Gasteiger partial charge in [0.05, 0.1) is 0 Å². The summed E-state index contributed by atoms with van der Waals surface area (Å²) >= 11 is 17.5. The highest BCUT2D eigenvalue weighted by atomic mass is 35.6. The van der Waals surface area contributed by atoms with Crippen molar-refractivity contribution in [3.63, 3.8) is 0 Å². The molecule has 0 aliphatic carbocycles. The summed E-state index contributed by atoms with van der Waals surface area (Å²) in [6.07, 6.45) is 1.70. The van der Waals surface area contributed by atoms with Crippen molar-refractivity contribution >= 4 is 40.7 Å². The first-order chi connectivity index (χ1) is 8.98. The molecular weight excluding hydrogens is 311 g/mol.